The maximum atomic E-state index is 13.5. The number of benzene rings is 3. The smallest absolute Gasteiger partial charge is 0.331 e. The van der Waals surface area contributed by atoms with Gasteiger partial charge in [0.05, 0.1) is 10.9 Å². The van der Waals surface area contributed by atoms with Gasteiger partial charge in [0.1, 0.15) is 11.5 Å². The van der Waals surface area contributed by atoms with Crippen LogP contribution in [-0.2, 0) is 16.2 Å². The molecule has 1 aliphatic rings. The lowest BCUT2D eigenvalue weighted by Crippen LogP contribution is -2.39. The van der Waals surface area contributed by atoms with Crippen molar-refractivity contribution >= 4 is 39.3 Å². The normalized spacial score (nSPS) is 14.9. The second-order valence-corrected chi connectivity index (χ2v) is 9.56. The summed E-state index contributed by atoms with van der Waals surface area (Å²) >= 11 is 0. The standard InChI is InChI=1S/C32H30N2O4/c1-6-17-32(18-7-2)31(33-38-21(5)35)24-14-16-27-28(30(24)37-32)25-19-22(13-15-26(25)34(27)8-3)29(36)23-12-10-9-11-20(23)4/h6-7,9-16,19H,1-2,8,17-18H2,3-5H3/b33-31-. The molecule has 38 heavy (non-hydrogen) atoms. The Morgan fingerprint density at radius 2 is 1.76 bits per heavy atom. The van der Waals surface area contributed by atoms with Crippen LogP contribution in [0.15, 0.2) is 85.1 Å². The maximum Gasteiger partial charge on any atom is 0.331 e. The summed E-state index contributed by atoms with van der Waals surface area (Å²) in [5.74, 6) is 0.107. The number of ketones is 1. The molecule has 0 amide bonds. The van der Waals surface area contributed by atoms with Crippen LogP contribution in [0.2, 0.25) is 0 Å². The summed E-state index contributed by atoms with van der Waals surface area (Å²) < 4.78 is 8.95. The fourth-order valence-corrected chi connectivity index (χ4v) is 5.47. The predicted molar refractivity (Wildman–Crippen MR) is 151 cm³/mol. The first kappa shape index (κ1) is 25.2. The number of aromatic nitrogens is 1. The van der Waals surface area contributed by atoms with Crippen LogP contribution < -0.4 is 4.74 Å². The molecule has 0 saturated heterocycles. The van der Waals surface area contributed by atoms with Crippen molar-refractivity contribution < 1.29 is 19.2 Å². The fourth-order valence-electron chi connectivity index (χ4n) is 5.47. The van der Waals surface area contributed by atoms with Gasteiger partial charge in [-0.1, -0.05) is 41.6 Å². The number of carbonyl (C=O) groups is 2. The highest BCUT2D eigenvalue weighted by Crippen LogP contribution is 2.47. The Hall–Kier alpha value is -4.45. The zero-order valence-corrected chi connectivity index (χ0v) is 21.9. The van der Waals surface area contributed by atoms with E-state index in [1.54, 1.807) is 12.2 Å². The van der Waals surface area contributed by atoms with Crippen LogP contribution in [0.1, 0.15) is 53.7 Å². The summed E-state index contributed by atoms with van der Waals surface area (Å²) in [6.07, 6.45) is 4.42. The molecule has 0 bridgehead atoms. The zero-order valence-electron chi connectivity index (χ0n) is 21.9. The molecule has 192 valence electrons. The third-order valence-electron chi connectivity index (χ3n) is 7.15. The molecule has 0 aliphatic carbocycles. The summed E-state index contributed by atoms with van der Waals surface area (Å²) in [6.45, 7) is 13.9. The zero-order chi connectivity index (χ0) is 27.0. The molecular formula is C32H30N2O4. The quantitative estimate of drug-likeness (QED) is 0.113. The van der Waals surface area contributed by atoms with Crippen molar-refractivity contribution in [3.05, 3.63) is 102 Å². The molecule has 0 unspecified atom stereocenters. The molecule has 1 aliphatic heterocycles. The lowest BCUT2D eigenvalue weighted by molar-refractivity contribution is -0.141. The molecule has 0 atom stereocenters. The number of fused-ring (bicyclic) bond motifs is 5. The molecule has 5 rings (SSSR count). The van der Waals surface area contributed by atoms with Crippen molar-refractivity contribution in [1.29, 1.82) is 0 Å². The van der Waals surface area contributed by atoms with Gasteiger partial charge in [-0.05, 0) is 49.7 Å². The van der Waals surface area contributed by atoms with Crippen molar-refractivity contribution in [2.45, 2.75) is 45.8 Å². The highest BCUT2D eigenvalue weighted by molar-refractivity contribution is 6.21. The number of oxime groups is 1. The average molecular weight is 507 g/mol. The van der Waals surface area contributed by atoms with E-state index >= 15 is 0 Å². The van der Waals surface area contributed by atoms with Crippen LogP contribution >= 0.6 is 0 Å². The van der Waals surface area contributed by atoms with Crippen molar-refractivity contribution in [3.63, 3.8) is 0 Å². The Labute approximate surface area is 221 Å². The minimum Gasteiger partial charge on any atom is -0.479 e. The topological polar surface area (TPSA) is 69.9 Å². The number of nitrogens with zero attached hydrogens (tertiary/aromatic N) is 2. The second-order valence-electron chi connectivity index (χ2n) is 9.56. The molecule has 1 aromatic heterocycles. The van der Waals surface area contributed by atoms with Crippen LogP contribution in [0.5, 0.6) is 5.75 Å². The van der Waals surface area contributed by atoms with E-state index in [0.29, 0.717) is 35.4 Å². The molecular weight excluding hydrogens is 476 g/mol. The van der Waals surface area contributed by atoms with E-state index in [2.05, 4.69) is 29.8 Å². The minimum absolute atomic E-state index is 0.0272. The van der Waals surface area contributed by atoms with E-state index in [1.165, 1.54) is 6.92 Å². The Morgan fingerprint density at radius 3 is 2.42 bits per heavy atom. The second kappa shape index (κ2) is 9.78. The van der Waals surface area contributed by atoms with Crippen molar-refractivity contribution in [3.8, 4) is 5.75 Å². The first-order valence-electron chi connectivity index (χ1n) is 12.7. The van der Waals surface area contributed by atoms with Gasteiger partial charge in [0, 0.05) is 53.9 Å². The summed E-state index contributed by atoms with van der Waals surface area (Å²) in [7, 11) is 0. The molecule has 4 aromatic rings. The van der Waals surface area contributed by atoms with E-state index in [1.807, 2.05) is 61.5 Å². The summed E-state index contributed by atoms with van der Waals surface area (Å²) in [5, 5.41) is 6.06. The van der Waals surface area contributed by atoms with E-state index in [0.717, 1.165) is 39.5 Å². The van der Waals surface area contributed by atoms with Crippen LogP contribution in [0.4, 0.5) is 0 Å². The van der Waals surface area contributed by atoms with Crippen molar-refractivity contribution in [1.82, 2.24) is 4.57 Å². The van der Waals surface area contributed by atoms with Crippen molar-refractivity contribution in [2.75, 3.05) is 0 Å². The van der Waals surface area contributed by atoms with Crippen LogP contribution in [-0.4, -0.2) is 27.6 Å². The van der Waals surface area contributed by atoms with Gasteiger partial charge in [-0.3, -0.25) is 4.79 Å². The number of ether oxygens (including phenoxy) is 1. The largest absolute Gasteiger partial charge is 0.479 e. The minimum atomic E-state index is -0.912. The summed E-state index contributed by atoms with van der Waals surface area (Å²) in [6, 6.07) is 17.4. The Morgan fingerprint density at radius 1 is 1.05 bits per heavy atom. The highest BCUT2D eigenvalue weighted by Gasteiger charge is 2.46. The Balaban J connectivity index is 1.79. The monoisotopic (exact) mass is 506 g/mol. The maximum absolute atomic E-state index is 13.5. The SMILES string of the molecule is C=CCC1(CC=C)Oc2c(ccc3c2c2cc(C(=O)c4ccccc4C)ccc2n3CC)/C1=N/OC(C)=O. The first-order chi connectivity index (χ1) is 18.3. The van der Waals surface area contributed by atoms with E-state index in [9.17, 15) is 9.59 Å². The number of hydrogen-bond donors (Lipinski definition) is 0. The van der Waals surface area contributed by atoms with Gasteiger partial charge in [0.2, 0.25) is 0 Å². The van der Waals surface area contributed by atoms with Crippen LogP contribution in [0.25, 0.3) is 21.8 Å². The number of carbonyl (C=O) groups excluding carboxylic acids is 2. The fraction of sp³-hybridized carbons (Fsp3) is 0.219. The molecule has 2 heterocycles. The molecule has 6 nitrogen and oxygen atoms in total. The molecule has 3 aromatic carbocycles. The van der Waals surface area contributed by atoms with Gasteiger partial charge in [0.25, 0.3) is 0 Å². The van der Waals surface area contributed by atoms with Gasteiger partial charge < -0.3 is 14.1 Å². The number of rotatable bonds is 8. The van der Waals surface area contributed by atoms with E-state index < -0.39 is 11.6 Å². The predicted octanol–water partition coefficient (Wildman–Crippen LogP) is 6.90. The van der Waals surface area contributed by atoms with E-state index in [4.69, 9.17) is 9.57 Å². The lowest BCUT2D eigenvalue weighted by Gasteiger charge is -2.26. The third-order valence-corrected chi connectivity index (χ3v) is 7.15. The molecule has 0 spiro atoms. The third kappa shape index (κ3) is 3.93. The van der Waals surface area contributed by atoms with Crippen LogP contribution in [0, 0.1) is 6.92 Å². The van der Waals surface area contributed by atoms with E-state index in [-0.39, 0.29) is 5.78 Å². The highest BCUT2D eigenvalue weighted by atomic mass is 16.7. The van der Waals surface area contributed by atoms with Gasteiger partial charge in [-0.25, -0.2) is 4.79 Å². The summed E-state index contributed by atoms with van der Waals surface area (Å²) in [5.41, 5.74) is 4.56. The summed E-state index contributed by atoms with van der Waals surface area (Å²) in [4.78, 5) is 30.3. The molecule has 0 radical (unpaired) electrons. The molecule has 0 fully saturated rings. The Bertz CT molecular complexity index is 1650. The Kier molecular flexibility index (Phi) is 6.49. The number of aryl methyl sites for hydroxylation is 2. The number of hydrogen-bond acceptors (Lipinski definition) is 5. The van der Waals surface area contributed by atoms with Crippen molar-refractivity contribution in [2.24, 2.45) is 5.16 Å². The van der Waals surface area contributed by atoms with Gasteiger partial charge >= 0.3 is 5.97 Å². The lowest BCUT2D eigenvalue weighted by atomic mass is 9.88. The molecule has 0 N–H and O–H groups in total. The van der Waals surface area contributed by atoms with Gasteiger partial charge in [0.15, 0.2) is 11.4 Å². The molecule has 6 heteroatoms. The first-order valence-corrected chi connectivity index (χ1v) is 12.7. The van der Waals surface area contributed by atoms with Gasteiger partial charge in [-0.2, -0.15) is 0 Å². The average Bonchev–Trinajstić information content (AvgIpc) is 3.38. The van der Waals surface area contributed by atoms with Crippen LogP contribution in [0.3, 0.4) is 0 Å². The molecule has 0 saturated carbocycles. The van der Waals surface area contributed by atoms with Gasteiger partial charge in [-0.15, -0.1) is 13.2 Å².